The SMILES string of the molecule is COc1ccc(OC)c(-c2ccc(O)c([N+](=O)[O-])c2)c1. The second-order valence-electron chi connectivity index (χ2n) is 4.03. The van der Waals surface area contributed by atoms with Crippen molar-refractivity contribution in [1.29, 1.82) is 0 Å². The molecule has 0 bridgehead atoms. The van der Waals surface area contributed by atoms with Crippen LogP contribution in [0.15, 0.2) is 36.4 Å². The van der Waals surface area contributed by atoms with Crippen molar-refractivity contribution in [1.82, 2.24) is 0 Å². The lowest BCUT2D eigenvalue weighted by molar-refractivity contribution is -0.385. The quantitative estimate of drug-likeness (QED) is 0.685. The second-order valence-corrected chi connectivity index (χ2v) is 4.03. The lowest BCUT2D eigenvalue weighted by atomic mass is 10.0. The largest absolute Gasteiger partial charge is 0.502 e. The van der Waals surface area contributed by atoms with Crippen molar-refractivity contribution in [2.75, 3.05) is 14.2 Å². The van der Waals surface area contributed by atoms with Gasteiger partial charge in [0, 0.05) is 11.6 Å². The first-order valence-electron chi connectivity index (χ1n) is 5.76. The Kier molecular flexibility index (Phi) is 3.74. The number of aromatic hydroxyl groups is 1. The molecule has 0 aliphatic heterocycles. The average Bonchev–Trinajstić information content (AvgIpc) is 2.46. The van der Waals surface area contributed by atoms with Crippen LogP contribution in [0.25, 0.3) is 11.1 Å². The molecule has 2 aromatic rings. The summed E-state index contributed by atoms with van der Waals surface area (Å²) in [5, 5.41) is 20.4. The van der Waals surface area contributed by atoms with Gasteiger partial charge < -0.3 is 14.6 Å². The maximum absolute atomic E-state index is 10.9. The van der Waals surface area contributed by atoms with Crippen LogP contribution in [-0.4, -0.2) is 24.2 Å². The van der Waals surface area contributed by atoms with Gasteiger partial charge in [-0.15, -0.1) is 0 Å². The third-order valence-electron chi connectivity index (χ3n) is 2.89. The van der Waals surface area contributed by atoms with Gasteiger partial charge in [-0.1, -0.05) is 6.07 Å². The van der Waals surface area contributed by atoms with Crippen LogP contribution in [0.4, 0.5) is 5.69 Å². The molecule has 20 heavy (non-hydrogen) atoms. The Hall–Kier alpha value is -2.76. The zero-order valence-electron chi connectivity index (χ0n) is 11.0. The molecular weight excluding hydrogens is 262 g/mol. The maximum Gasteiger partial charge on any atom is 0.311 e. The Bertz CT molecular complexity index is 654. The molecule has 104 valence electrons. The number of benzene rings is 2. The molecule has 0 saturated heterocycles. The van der Waals surface area contributed by atoms with Crippen molar-refractivity contribution >= 4 is 5.69 Å². The first-order valence-corrected chi connectivity index (χ1v) is 5.76. The number of phenols is 1. The number of nitro groups is 1. The molecule has 0 spiro atoms. The van der Waals surface area contributed by atoms with E-state index >= 15 is 0 Å². The Balaban J connectivity index is 2.61. The van der Waals surface area contributed by atoms with Gasteiger partial charge in [0.05, 0.1) is 19.1 Å². The van der Waals surface area contributed by atoms with Gasteiger partial charge in [0.15, 0.2) is 5.75 Å². The molecule has 0 heterocycles. The highest BCUT2D eigenvalue weighted by Crippen LogP contribution is 2.37. The van der Waals surface area contributed by atoms with E-state index in [9.17, 15) is 15.2 Å². The highest BCUT2D eigenvalue weighted by atomic mass is 16.6. The molecule has 0 radical (unpaired) electrons. The minimum Gasteiger partial charge on any atom is -0.502 e. The Morgan fingerprint density at radius 1 is 1.10 bits per heavy atom. The van der Waals surface area contributed by atoms with E-state index < -0.39 is 4.92 Å². The number of nitro benzene ring substituents is 1. The van der Waals surface area contributed by atoms with Crippen molar-refractivity contribution in [2.45, 2.75) is 0 Å². The summed E-state index contributed by atoms with van der Waals surface area (Å²) < 4.78 is 10.4. The molecular formula is C14H13NO5. The van der Waals surface area contributed by atoms with E-state index in [0.717, 1.165) is 0 Å². The van der Waals surface area contributed by atoms with E-state index in [0.29, 0.717) is 22.6 Å². The standard InChI is InChI=1S/C14H13NO5/c1-19-10-4-6-14(20-2)11(8-10)9-3-5-13(16)12(7-9)15(17)18/h3-8,16H,1-2H3. The molecule has 0 aliphatic carbocycles. The molecule has 0 amide bonds. The highest BCUT2D eigenvalue weighted by molar-refractivity contribution is 5.75. The minimum absolute atomic E-state index is 0.354. The molecule has 0 fully saturated rings. The van der Waals surface area contributed by atoms with Crippen LogP contribution >= 0.6 is 0 Å². The monoisotopic (exact) mass is 275 g/mol. The number of methoxy groups -OCH3 is 2. The lowest BCUT2D eigenvalue weighted by Crippen LogP contribution is -1.92. The fourth-order valence-electron chi connectivity index (χ4n) is 1.88. The molecule has 2 rings (SSSR count). The van der Waals surface area contributed by atoms with E-state index in [2.05, 4.69) is 0 Å². The van der Waals surface area contributed by atoms with Gasteiger partial charge in [-0.05, 0) is 29.8 Å². The van der Waals surface area contributed by atoms with E-state index in [1.807, 2.05) is 0 Å². The predicted octanol–water partition coefficient (Wildman–Crippen LogP) is 2.98. The molecule has 0 aromatic heterocycles. The smallest absolute Gasteiger partial charge is 0.311 e. The summed E-state index contributed by atoms with van der Waals surface area (Å²) in [6, 6.07) is 9.33. The number of hydrogen-bond donors (Lipinski definition) is 1. The average molecular weight is 275 g/mol. The van der Waals surface area contributed by atoms with Gasteiger partial charge >= 0.3 is 5.69 Å². The van der Waals surface area contributed by atoms with Crippen molar-refractivity contribution in [3.63, 3.8) is 0 Å². The highest BCUT2D eigenvalue weighted by Gasteiger charge is 2.16. The first kappa shape index (κ1) is 13.7. The van der Waals surface area contributed by atoms with Crippen molar-refractivity contribution < 1.29 is 19.5 Å². The lowest BCUT2D eigenvalue weighted by Gasteiger charge is -2.10. The molecule has 0 unspecified atom stereocenters. The van der Waals surface area contributed by atoms with Crippen LogP contribution < -0.4 is 9.47 Å². The van der Waals surface area contributed by atoms with Gasteiger partial charge in [0.25, 0.3) is 0 Å². The summed E-state index contributed by atoms with van der Waals surface area (Å²) in [6.07, 6.45) is 0. The van der Waals surface area contributed by atoms with Crippen LogP contribution in [-0.2, 0) is 0 Å². The van der Waals surface area contributed by atoms with E-state index in [1.54, 1.807) is 24.3 Å². The molecule has 1 N–H and O–H groups in total. The maximum atomic E-state index is 10.9. The fraction of sp³-hybridized carbons (Fsp3) is 0.143. The molecule has 6 nitrogen and oxygen atoms in total. The number of rotatable bonds is 4. The Morgan fingerprint density at radius 2 is 1.85 bits per heavy atom. The number of phenolic OH excluding ortho intramolecular Hbond substituents is 1. The topological polar surface area (TPSA) is 81.8 Å². The van der Waals surface area contributed by atoms with Gasteiger partial charge in [-0.25, -0.2) is 0 Å². The first-order chi connectivity index (χ1) is 9.56. The van der Waals surface area contributed by atoms with Gasteiger partial charge in [0.2, 0.25) is 0 Å². The van der Waals surface area contributed by atoms with Gasteiger partial charge in [-0.3, -0.25) is 10.1 Å². The number of hydrogen-bond acceptors (Lipinski definition) is 5. The zero-order chi connectivity index (χ0) is 14.7. The van der Waals surface area contributed by atoms with Gasteiger partial charge in [0.1, 0.15) is 11.5 Å². The fourth-order valence-corrected chi connectivity index (χ4v) is 1.88. The Labute approximate surface area is 115 Å². The van der Waals surface area contributed by atoms with Crippen molar-refractivity contribution in [3.8, 4) is 28.4 Å². The van der Waals surface area contributed by atoms with Crippen LogP contribution in [0.5, 0.6) is 17.2 Å². The van der Waals surface area contributed by atoms with E-state index in [-0.39, 0.29) is 11.4 Å². The third kappa shape index (κ3) is 2.49. The zero-order valence-corrected chi connectivity index (χ0v) is 11.0. The molecule has 0 atom stereocenters. The summed E-state index contributed by atoms with van der Waals surface area (Å²) in [6.45, 7) is 0. The molecule has 0 saturated carbocycles. The molecule has 2 aromatic carbocycles. The van der Waals surface area contributed by atoms with Crippen LogP contribution in [0, 0.1) is 10.1 Å². The van der Waals surface area contributed by atoms with Gasteiger partial charge in [-0.2, -0.15) is 0 Å². The minimum atomic E-state index is -0.633. The summed E-state index contributed by atoms with van der Waals surface area (Å²) in [7, 11) is 3.05. The molecule has 6 heteroatoms. The normalized spacial score (nSPS) is 10.1. The second kappa shape index (κ2) is 5.48. The van der Waals surface area contributed by atoms with Crippen molar-refractivity contribution in [2.24, 2.45) is 0 Å². The Morgan fingerprint density at radius 3 is 2.45 bits per heavy atom. The van der Waals surface area contributed by atoms with Crippen LogP contribution in [0.2, 0.25) is 0 Å². The number of ether oxygens (including phenoxy) is 2. The summed E-state index contributed by atoms with van der Waals surface area (Å²) >= 11 is 0. The van der Waals surface area contributed by atoms with E-state index in [1.165, 1.54) is 26.4 Å². The summed E-state index contributed by atoms with van der Waals surface area (Å²) in [5.74, 6) is 0.794. The summed E-state index contributed by atoms with van der Waals surface area (Å²) in [5.41, 5.74) is 0.854. The van der Waals surface area contributed by atoms with Crippen molar-refractivity contribution in [3.05, 3.63) is 46.5 Å². The number of nitrogens with zero attached hydrogens (tertiary/aromatic N) is 1. The third-order valence-corrected chi connectivity index (χ3v) is 2.89. The molecule has 0 aliphatic rings. The predicted molar refractivity (Wildman–Crippen MR) is 73.3 cm³/mol. The van der Waals surface area contributed by atoms with Crippen LogP contribution in [0.3, 0.4) is 0 Å². The summed E-state index contributed by atoms with van der Waals surface area (Å²) in [4.78, 5) is 10.2. The van der Waals surface area contributed by atoms with E-state index in [4.69, 9.17) is 9.47 Å². The van der Waals surface area contributed by atoms with Crippen LogP contribution in [0.1, 0.15) is 0 Å².